The number of aliphatic hydroxyl groups is 2. The molecule has 0 aliphatic rings. The molecule has 84 valence electrons. The molecule has 0 aromatic rings. The molecule has 0 unspecified atom stereocenters. The zero-order chi connectivity index (χ0) is 10.6. The Morgan fingerprint density at radius 2 is 1.57 bits per heavy atom. The second-order valence-corrected chi connectivity index (χ2v) is 3.19. The quantitative estimate of drug-likeness (QED) is 0.431. The maximum Gasteiger partial charge on any atom is 0.308 e. The van der Waals surface area contributed by atoms with E-state index in [1.54, 1.807) is 0 Å². The summed E-state index contributed by atoms with van der Waals surface area (Å²) in [4.78, 5) is 10.8. The van der Waals surface area contributed by atoms with Gasteiger partial charge in [-0.1, -0.05) is 19.3 Å². The van der Waals surface area contributed by atoms with Gasteiger partial charge < -0.3 is 14.9 Å². The summed E-state index contributed by atoms with van der Waals surface area (Å²) in [7, 11) is 0. The van der Waals surface area contributed by atoms with Gasteiger partial charge in [-0.2, -0.15) is 0 Å². The summed E-state index contributed by atoms with van der Waals surface area (Å²) < 4.78 is 4.84. The SMILES string of the molecule is O=C(CCO)OCCCCCCCO. The predicted molar refractivity (Wildman–Crippen MR) is 52.8 cm³/mol. The average molecular weight is 204 g/mol. The van der Waals surface area contributed by atoms with Crippen LogP contribution >= 0.6 is 0 Å². The molecular weight excluding hydrogens is 184 g/mol. The number of hydrogen-bond donors (Lipinski definition) is 2. The average Bonchev–Trinajstić information content (AvgIpc) is 2.17. The first-order chi connectivity index (χ1) is 6.81. The Morgan fingerprint density at radius 1 is 0.929 bits per heavy atom. The number of rotatable bonds is 9. The van der Waals surface area contributed by atoms with Gasteiger partial charge in [0.1, 0.15) is 0 Å². The first-order valence-corrected chi connectivity index (χ1v) is 5.18. The Labute approximate surface area is 84.9 Å². The van der Waals surface area contributed by atoms with Crippen LogP contribution in [0.2, 0.25) is 0 Å². The third kappa shape index (κ3) is 9.48. The van der Waals surface area contributed by atoms with Gasteiger partial charge in [-0.15, -0.1) is 0 Å². The van der Waals surface area contributed by atoms with Crippen LogP contribution in [0.4, 0.5) is 0 Å². The van der Waals surface area contributed by atoms with Gasteiger partial charge in [0.05, 0.1) is 19.6 Å². The predicted octanol–water partition coefficient (Wildman–Crippen LogP) is 0.855. The molecule has 4 nitrogen and oxygen atoms in total. The van der Waals surface area contributed by atoms with Crippen molar-refractivity contribution in [3.63, 3.8) is 0 Å². The minimum absolute atomic E-state index is 0.0878. The van der Waals surface area contributed by atoms with Gasteiger partial charge >= 0.3 is 5.97 Å². The summed E-state index contributed by atoms with van der Waals surface area (Å²) >= 11 is 0. The first-order valence-electron chi connectivity index (χ1n) is 5.18. The monoisotopic (exact) mass is 204 g/mol. The van der Waals surface area contributed by atoms with E-state index >= 15 is 0 Å². The smallest absolute Gasteiger partial charge is 0.308 e. The molecule has 4 heteroatoms. The molecule has 0 radical (unpaired) electrons. The second-order valence-electron chi connectivity index (χ2n) is 3.19. The molecule has 0 aromatic heterocycles. The normalized spacial score (nSPS) is 10.1. The number of carbonyl (C=O) groups excluding carboxylic acids is 1. The molecule has 0 saturated heterocycles. The van der Waals surface area contributed by atoms with E-state index < -0.39 is 0 Å². The van der Waals surface area contributed by atoms with E-state index in [0.717, 1.165) is 32.1 Å². The van der Waals surface area contributed by atoms with E-state index in [1.165, 1.54) is 0 Å². The Bertz CT molecular complexity index is 136. The molecule has 0 aliphatic heterocycles. The molecule has 0 heterocycles. The van der Waals surface area contributed by atoms with Crippen LogP contribution in [0.1, 0.15) is 38.5 Å². The molecule has 0 fully saturated rings. The van der Waals surface area contributed by atoms with Crippen molar-refractivity contribution in [1.29, 1.82) is 0 Å². The Morgan fingerprint density at radius 3 is 2.21 bits per heavy atom. The number of esters is 1. The Hall–Kier alpha value is -0.610. The molecule has 14 heavy (non-hydrogen) atoms. The van der Waals surface area contributed by atoms with Gasteiger partial charge in [-0.3, -0.25) is 4.79 Å². The fourth-order valence-electron chi connectivity index (χ4n) is 1.09. The van der Waals surface area contributed by atoms with Crippen molar-refractivity contribution in [2.45, 2.75) is 38.5 Å². The summed E-state index contributed by atoms with van der Waals surface area (Å²) in [6.07, 6.45) is 4.92. The van der Waals surface area contributed by atoms with Gasteiger partial charge in [0, 0.05) is 6.61 Å². The number of hydrogen-bond acceptors (Lipinski definition) is 4. The maximum absolute atomic E-state index is 10.8. The second kappa shape index (κ2) is 10.5. The third-order valence-corrected chi connectivity index (χ3v) is 1.88. The van der Waals surface area contributed by atoms with Crippen LogP contribution in [0.25, 0.3) is 0 Å². The lowest BCUT2D eigenvalue weighted by molar-refractivity contribution is -0.144. The zero-order valence-electron chi connectivity index (χ0n) is 8.57. The highest BCUT2D eigenvalue weighted by molar-refractivity contribution is 5.69. The lowest BCUT2D eigenvalue weighted by atomic mass is 10.1. The standard InChI is InChI=1S/C10H20O4/c11-7-4-2-1-3-5-9-14-10(13)6-8-12/h11-12H,1-9H2. The number of carbonyl (C=O) groups is 1. The summed E-state index contributed by atoms with van der Waals surface area (Å²) in [6, 6.07) is 0. The molecule has 0 amide bonds. The number of ether oxygens (including phenoxy) is 1. The molecule has 0 rings (SSSR count). The summed E-state index contributed by atoms with van der Waals surface area (Å²) in [5.41, 5.74) is 0. The maximum atomic E-state index is 10.8. The molecule has 0 aliphatic carbocycles. The lowest BCUT2D eigenvalue weighted by Crippen LogP contribution is -2.07. The molecule has 0 saturated carbocycles. The first kappa shape index (κ1) is 13.4. The minimum atomic E-state index is -0.331. The number of aliphatic hydroxyl groups excluding tert-OH is 2. The molecule has 0 bridgehead atoms. The molecule has 0 aromatic carbocycles. The van der Waals surface area contributed by atoms with Crippen LogP contribution in [0, 0.1) is 0 Å². The lowest BCUT2D eigenvalue weighted by Gasteiger charge is -2.03. The highest BCUT2D eigenvalue weighted by Crippen LogP contribution is 2.02. The van der Waals surface area contributed by atoms with Gasteiger partial charge in [0.2, 0.25) is 0 Å². The van der Waals surface area contributed by atoms with E-state index in [4.69, 9.17) is 14.9 Å². The van der Waals surface area contributed by atoms with Crippen LogP contribution in [-0.2, 0) is 9.53 Å². The number of unbranched alkanes of at least 4 members (excludes halogenated alkanes) is 4. The van der Waals surface area contributed by atoms with E-state index in [0.29, 0.717) is 6.61 Å². The Kier molecular flexibility index (Phi) is 10.0. The van der Waals surface area contributed by atoms with Gasteiger partial charge in [-0.25, -0.2) is 0 Å². The highest BCUT2D eigenvalue weighted by atomic mass is 16.5. The summed E-state index contributed by atoms with van der Waals surface area (Å²) in [5.74, 6) is -0.331. The minimum Gasteiger partial charge on any atom is -0.466 e. The van der Waals surface area contributed by atoms with Crippen molar-refractivity contribution in [3.8, 4) is 0 Å². The van der Waals surface area contributed by atoms with Crippen molar-refractivity contribution in [3.05, 3.63) is 0 Å². The van der Waals surface area contributed by atoms with Crippen molar-refractivity contribution in [2.75, 3.05) is 19.8 Å². The van der Waals surface area contributed by atoms with Crippen molar-refractivity contribution < 1.29 is 19.7 Å². The zero-order valence-corrected chi connectivity index (χ0v) is 8.57. The van der Waals surface area contributed by atoms with Crippen LogP contribution < -0.4 is 0 Å². The summed E-state index contributed by atoms with van der Waals surface area (Å²) in [6.45, 7) is 0.554. The molecule has 2 N–H and O–H groups in total. The van der Waals surface area contributed by atoms with Crippen LogP contribution in [0.3, 0.4) is 0 Å². The molecule has 0 spiro atoms. The largest absolute Gasteiger partial charge is 0.466 e. The van der Waals surface area contributed by atoms with Gasteiger partial charge in [0.25, 0.3) is 0 Å². The third-order valence-electron chi connectivity index (χ3n) is 1.88. The van der Waals surface area contributed by atoms with Crippen molar-refractivity contribution in [2.24, 2.45) is 0 Å². The van der Waals surface area contributed by atoms with Crippen LogP contribution in [0.15, 0.2) is 0 Å². The van der Waals surface area contributed by atoms with Crippen LogP contribution in [-0.4, -0.2) is 36.0 Å². The van der Waals surface area contributed by atoms with E-state index in [2.05, 4.69) is 0 Å². The summed E-state index contributed by atoms with van der Waals surface area (Å²) in [5, 5.41) is 16.9. The fourth-order valence-corrected chi connectivity index (χ4v) is 1.09. The van der Waals surface area contributed by atoms with E-state index in [1.807, 2.05) is 0 Å². The topological polar surface area (TPSA) is 66.8 Å². The van der Waals surface area contributed by atoms with Gasteiger partial charge in [0.15, 0.2) is 0 Å². The van der Waals surface area contributed by atoms with E-state index in [9.17, 15) is 4.79 Å². The van der Waals surface area contributed by atoms with Crippen LogP contribution in [0.5, 0.6) is 0 Å². The van der Waals surface area contributed by atoms with E-state index in [-0.39, 0.29) is 25.6 Å². The fraction of sp³-hybridized carbons (Fsp3) is 0.900. The molecular formula is C10H20O4. The van der Waals surface area contributed by atoms with Gasteiger partial charge in [-0.05, 0) is 12.8 Å². The Balaban J connectivity index is 3.01. The van der Waals surface area contributed by atoms with Crippen molar-refractivity contribution >= 4 is 5.97 Å². The molecule has 0 atom stereocenters. The highest BCUT2D eigenvalue weighted by Gasteiger charge is 1.99. The van der Waals surface area contributed by atoms with Crippen molar-refractivity contribution in [1.82, 2.24) is 0 Å².